The van der Waals surface area contributed by atoms with E-state index in [-0.39, 0.29) is 5.91 Å². The Bertz CT molecular complexity index is 374. The van der Waals surface area contributed by atoms with E-state index >= 15 is 0 Å². The highest BCUT2D eigenvalue weighted by Crippen LogP contribution is 2.07. The first-order chi connectivity index (χ1) is 8.77. The maximum absolute atomic E-state index is 12.1. The maximum Gasteiger partial charge on any atom is 0.242 e. The van der Waals surface area contributed by atoms with Gasteiger partial charge in [-0.25, -0.2) is 4.98 Å². The Morgan fingerprint density at radius 3 is 3.11 bits per heavy atom. The average molecular weight is 248 g/mol. The molecule has 0 atom stereocenters. The van der Waals surface area contributed by atoms with E-state index in [2.05, 4.69) is 15.2 Å². The predicted octanol–water partition coefficient (Wildman–Crippen LogP) is 0.340. The second-order valence-electron chi connectivity index (χ2n) is 4.52. The van der Waals surface area contributed by atoms with Crippen LogP contribution >= 0.6 is 0 Å². The lowest BCUT2D eigenvalue weighted by atomic mass is 10.3. The molecule has 98 valence electrons. The fourth-order valence-electron chi connectivity index (χ4n) is 2.04. The summed E-state index contributed by atoms with van der Waals surface area (Å²) < 4.78 is 0. The Labute approximate surface area is 108 Å². The highest BCUT2D eigenvalue weighted by Gasteiger charge is 2.17. The van der Waals surface area contributed by atoms with Crippen LogP contribution in [-0.4, -0.2) is 55.6 Å². The van der Waals surface area contributed by atoms with Crippen molar-refractivity contribution in [3.05, 3.63) is 24.4 Å². The second kappa shape index (κ2) is 6.47. The van der Waals surface area contributed by atoms with Crippen molar-refractivity contribution >= 4 is 11.7 Å². The molecule has 2 rings (SSSR count). The molecule has 1 aliphatic rings. The summed E-state index contributed by atoms with van der Waals surface area (Å²) in [6.45, 7) is 4.38. The molecule has 18 heavy (non-hydrogen) atoms. The van der Waals surface area contributed by atoms with E-state index in [1.54, 1.807) is 18.1 Å². The smallest absolute Gasteiger partial charge is 0.242 e. The third-order valence-electron chi connectivity index (χ3n) is 3.16. The summed E-state index contributed by atoms with van der Waals surface area (Å²) >= 11 is 0. The van der Waals surface area contributed by atoms with Crippen molar-refractivity contribution < 1.29 is 4.79 Å². The summed E-state index contributed by atoms with van der Waals surface area (Å²) in [7, 11) is 1.78. The predicted molar refractivity (Wildman–Crippen MR) is 71.6 cm³/mol. The first kappa shape index (κ1) is 13.0. The van der Waals surface area contributed by atoms with Gasteiger partial charge in [0.15, 0.2) is 0 Å². The Hall–Kier alpha value is -1.46. The summed E-state index contributed by atoms with van der Waals surface area (Å²) in [4.78, 5) is 20.2. The minimum atomic E-state index is 0.0931. The fourth-order valence-corrected chi connectivity index (χ4v) is 2.04. The maximum atomic E-state index is 12.1. The molecule has 5 heteroatoms. The van der Waals surface area contributed by atoms with Crippen LogP contribution in [0.5, 0.6) is 0 Å². The molecule has 1 aromatic heterocycles. The summed E-state index contributed by atoms with van der Waals surface area (Å²) in [6, 6.07) is 5.59. The van der Waals surface area contributed by atoms with E-state index in [9.17, 15) is 4.79 Å². The summed E-state index contributed by atoms with van der Waals surface area (Å²) in [5.41, 5.74) is 0. The topological polar surface area (TPSA) is 48.5 Å². The molecule has 0 spiro atoms. The zero-order valence-electron chi connectivity index (χ0n) is 10.8. The van der Waals surface area contributed by atoms with Gasteiger partial charge < -0.3 is 5.32 Å². The molecule has 0 unspecified atom stereocenters. The molecule has 1 aliphatic heterocycles. The van der Waals surface area contributed by atoms with Crippen LogP contribution in [0.2, 0.25) is 0 Å². The number of aromatic nitrogens is 1. The average Bonchev–Trinajstić information content (AvgIpc) is 2.67. The van der Waals surface area contributed by atoms with E-state index < -0.39 is 0 Å². The van der Waals surface area contributed by atoms with Gasteiger partial charge in [-0.3, -0.25) is 14.6 Å². The highest BCUT2D eigenvalue weighted by molar-refractivity contribution is 5.93. The second-order valence-corrected chi connectivity index (χ2v) is 4.52. The Morgan fingerprint density at radius 2 is 2.33 bits per heavy atom. The van der Waals surface area contributed by atoms with Crippen LogP contribution < -0.4 is 10.2 Å². The molecule has 1 saturated heterocycles. The van der Waals surface area contributed by atoms with Gasteiger partial charge in [-0.15, -0.1) is 0 Å². The molecule has 0 saturated carbocycles. The van der Waals surface area contributed by atoms with Crippen molar-refractivity contribution in [3.63, 3.8) is 0 Å². The van der Waals surface area contributed by atoms with E-state index in [4.69, 9.17) is 0 Å². The summed E-state index contributed by atoms with van der Waals surface area (Å²) in [5.74, 6) is 0.797. The molecule has 2 heterocycles. The zero-order valence-corrected chi connectivity index (χ0v) is 10.8. The molecule has 1 aromatic rings. The van der Waals surface area contributed by atoms with Crippen LogP contribution in [0.25, 0.3) is 0 Å². The Kier molecular flexibility index (Phi) is 4.66. The first-order valence-electron chi connectivity index (χ1n) is 6.38. The van der Waals surface area contributed by atoms with Crippen molar-refractivity contribution in [2.24, 2.45) is 0 Å². The van der Waals surface area contributed by atoms with E-state index in [0.717, 1.165) is 32.6 Å². The van der Waals surface area contributed by atoms with Crippen LogP contribution in [0.3, 0.4) is 0 Å². The van der Waals surface area contributed by atoms with Crippen molar-refractivity contribution in [1.82, 2.24) is 15.2 Å². The number of hydrogen-bond donors (Lipinski definition) is 1. The summed E-state index contributed by atoms with van der Waals surface area (Å²) in [5, 5.41) is 3.33. The molecule has 1 N–H and O–H groups in total. The Morgan fingerprint density at radius 1 is 1.44 bits per heavy atom. The van der Waals surface area contributed by atoms with Crippen molar-refractivity contribution in [2.75, 3.05) is 44.7 Å². The van der Waals surface area contributed by atoms with Crippen LogP contribution in [-0.2, 0) is 4.79 Å². The largest absolute Gasteiger partial charge is 0.315 e. The standard InChI is InChI=1S/C13H20N4O/c1-16(12-5-2-3-7-15-12)13(18)11-17-9-4-6-14-8-10-17/h2-3,5,7,14H,4,6,8-11H2,1H3. The van der Waals surface area contributed by atoms with Crippen LogP contribution in [0.15, 0.2) is 24.4 Å². The van der Waals surface area contributed by atoms with Gasteiger partial charge in [0.25, 0.3) is 0 Å². The van der Waals surface area contributed by atoms with E-state index in [1.165, 1.54) is 0 Å². The van der Waals surface area contributed by atoms with Gasteiger partial charge in [-0.1, -0.05) is 6.07 Å². The molecule has 1 fully saturated rings. The van der Waals surface area contributed by atoms with E-state index in [1.807, 2.05) is 18.2 Å². The lowest BCUT2D eigenvalue weighted by Gasteiger charge is -2.22. The highest BCUT2D eigenvalue weighted by atomic mass is 16.2. The number of amides is 1. The number of nitrogens with one attached hydrogen (secondary N) is 1. The number of hydrogen-bond acceptors (Lipinski definition) is 4. The molecular formula is C13H20N4O. The van der Waals surface area contributed by atoms with Crippen LogP contribution in [0, 0.1) is 0 Å². The van der Waals surface area contributed by atoms with Gasteiger partial charge in [0, 0.05) is 26.3 Å². The molecular weight excluding hydrogens is 228 g/mol. The van der Waals surface area contributed by atoms with Gasteiger partial charge in [0.05, 0.1) is 6.54 Å². The third-order valence-corrected chi connectivity index (χ3v) is 3.16. The molecule has 0 aromatic carbocycles. The SMILES string of the molecule is CN(C(=O)CN1CCCNCC1)c1ccccn1. The van der Waals surface area contributed by atoms with Crippen LogP contribution in [0.1, 0.15) is 6.42 Å². The number of carbonyl (C=O) groups is 1. The van der Waals surface area contributed by atoms with Gasteiger partial charge in [-0.05, 0) is 31.6 Å². The van der Waals surface area contributed by atoms with Crippen molar-refractivity contribution in [2.45, 2.75) is 6.42 Å². The molecule has 1 amide bonds. The van der Waals surface area contributed by atoms with Gasteiger partial charge in [0.1, 0.15) is 5.82 Å². The zero-order chi connectivity index (χ0) is 12.8. The molecule has 0 radical (unpaired) electrons. The van der Waals surface area contributed by atoms with Gasteiger partial charge in [0.2, 0.25) is 5.91 Å². The minimum absolute atomic E-state index is 0.0931. The lowest BCUT2D eigenvalue weighted by molar-refractivity contribution is -0.119. The Balaban J connectivity index is 1.90. The third kappa shape index (κ3) is 3.51. The number of nitrogens with zero attached hydrogens (tertiary/aromatic N) is 3. The number of likely N-dealkylation sites (N-methyl/N-ethyl adjacent to an activating group) is 1. The van der Waals surface area contributed by atoms with Crippen molar-refractivity contribution in [3.8, 4) is 0 Å². The monoisotopic (exact) mass is 248 g/mol. The van der Waals surface area contributed by atoms with E-state index in [0.29, 0.717) is 12.4 Å². The number of carbonyl (C=O) groups excluding carboxylic acids is 1. The molecule has 0 aliphatic carbocycles. The normalized spacial score (nSPS) is 17.2. The number of pyridine rings is 1. The summed E-state index contributed by atoms with van der Waals surface area (Å²) in [6.07, 6.45) is 2.80. The van der Waals surface area contributed by atoms with Crippen molar-refractivity contribution in [1.29, 1.82) is 0 Å². The van der Waals surface area contributed by atoms with Gasteiger partial charge >= 0.3 is 0 Å². The minimum Gasteiger partial charge on any atom is -0.315 e. The van der Waals surface area contributed by atoms with Gasteiger partial charge in [-0.2, -0.15) is 0 Å². The quantitative estimate of drug-likeness (QED) is 0.838. The number of anilines is 1. The molecule has 5 nitrogen and oxygen atoms in total. The lowest BCUT2D eigenvalue weighted by Crippen LogP contribution is -2.40. The first-order valence-corrected chi connectivity index (χ1v) is 6.38. The van der Waals surface area contributed by atoms with Crippen LogP contribution in [0.4, 0.5) is 5.82 Å². The fraction of sp³-hybridized carbons (Fsp3) is 0.538. The number of rotatable bonds is 3. The molecule has 0 bridgehead atoms.